The van der Waals surface area contributed by atoms with Crippen molar-refractivity contribution in [3.63, 3.8) is 0 Å². The number of nitrogens with zero attached hydrogens (tertiary/aromatic N) is 3. The molecule has 0 amide bonds. The molecule has 0 aliphatic heterocycles. The zero-order chi connectivity index (χ0) is 17.2. The Kier molecular flexibility index (Phi) is 4.69. The van der Waals surface area contributed by atoms with Crippen molar-refractivity contribution < 1.29 is 5.11 Å². The van der Waals surface area contributed by atoms with Crippen LogP contribution in [0.3, 0.4) is 0 Å². The second-order valence-corrected chi connectivity index (χ2v) is 6.84. The molecule has 0 spiro atoms. The van der Waals surface area contributed by atoms with Crippen molar-refractivity contribution in [2.75, 3.05) is 0 Å². The van der Waals surface area contributed by atoms with E-state index >= 15 is 0 Å². The smallest absolute Gasteiger partial charge is 0.152 e. The summed E-state index contributed by atoms with van der Waals surface area (Å²) in [5, 5.41) is 10.7. The molecule has 1 N–H and O–H groups in total. The lowest BCUT2D eigenvalue weighted by Gasteiger charge is -2.18. The molecule has 124 valence electrons. The molecule has 24 heavy (non-hydrogen) atoms. The van der Waals surface area contributed by atoms with E-state index in [0.29, 0.717) is 18.0 Å². The minimum Gasteiger partial charge on any atom is -0.390 e. The third-order valence-electron chi connectivity index (χ3n) is 3.79. The van der Waals surface area contributed by atoms with Crippen LogP contribution in [0.25, 0.3) is 11.0 Å². The fraction of sp³-hybridized carbons (Fsp3) is 0.263. The molecule has 0 radical (unpaired) electrons. The van der Waals surface area contributed by atoms with Crippen LogP contribution in [0.1, 0.15) is 26.1 Å². The molecule has 0 atom stereocenters. The quantitative estimate of drug-likeness (QED) is 0.689. The number of para-hydroxylation sites is 2. The molecule has 0 saturated carbocycles. The van der Waals surface area contributed by atoms with E-state index in [1.807, 2.05) is 62.4 Å². The predicted octanol–water partition coefficient (Wildman–Crippen LogP) is 4.60. The Morgan fingerprint density at radius 1 is 1.17 bits per heavy atom. The SMILES string of the molecule is CC(C)(O)CCn1c(C=Nc2ccc(Cl)cc2)nc2ccccc21. The summed E-state index contributed by atoms with van der Waals surface area (Å²) in [5.41, 5.74) is 2.06. The van der Waals surface area contributed by atoms with Crippen LogP contribution in [0.2, 0.25) is 5.02 Å². The number of rotatable bonds is 5. The monoisotopic (exact) mass is 341 g/mol. The van der Waals surface area contributed by atoms with Gasteiger partial charge in [-0.15, -0.1) is 0 Å². The average molecular weight is 342 g/mol. The molecule has 0 aliphatic rings. The van der Waals surface area contributed by atoms with Gasteiger partial charge in [0.2, 0.25) is 0 Å². The van der Waals surface area contributed by atoms with Crippen LogP contribution in [0.4, 0.5) is 5.69 Å². The second kappa shape index (κ2) is 6.75. The number of aliphatic imine (C=N–C) groups is 1. The van der Waals surface area contributed by atoms with Crippen molar-refractivity contribution in [1.82, 2.24) is 9.55 Å². The van der Waals surface area contributed by atoms with Crippen LogP contribution in [0.15, 0.2) is 53.5 Å². The number of hydrogen-bond donors (Lipinski definition) is 1. The van der Waals surface area contributed by atoms with Gasteiger partial charge in [-0.1, -0.05) is 23.7 Å². The lowest BCUT2D eigenvalue weighted by atomic mass is 10.1. The van der Waals surface area contributed by atoms with E-state index in [1.165, 1.54) is 0 Å². The second-order valence-electron chi connectivity index (χ2n) is 6.41. The van der Waals surface area contributed by atoms with E-state index in [1.54, 1.807) is 6.21 Å². The molecule has 0 unspecified atom stereocenters. The minimum absolute atomic E-state index is 0.634. The lowest BCUT2D eigenvalue weighted by Crippen LogP contribution is -2.21. The highest BCUT2D eigenvalue weighted by Gasteiger charge is 2.15. The van der Waals surface area contributed by atoms with E-state index in [9.17, 15) is 5.11 Å². The first-order valence-electron chi connectivity index (χ1n) is 7.90. The Hall–Kier alpha value is -2.17. The largest absolute Gasteiger partial charge is 0.390 e. The van der Waals surface area contributed by atoms with Crippen molar-refractivity contribution in [1.29, 1.82) is 0 Å². The molecular formula is C19H20ClN3O. The molecular weight excluding hydrogens is 322 g/mol. The van der Waals surface area contributed by atoms with Gasteiger partial charge in [-0.05, 0) is 56.7 Å². The number of imidazole rings is 1. The van der Waals surface area contributed by atoms with E-state index in [0.717, 1.165) is 22.5 Å². The summed E-state index contributed by atoms with van der Waals surface area (Å²) in [4.78, 5) is 9.14. The molecule has 0 saturated heterocycles. The third-order valence-corrected chi connectivity index (χ3v) is 4.04. The van der Waals surface area contributed by atoms with E-state index in [-0.39, 0.29) is 0 Å². The molecule has 3 aromatic rings. The van der Waals surface area contributed by atoms with Crippen LogP contribution in [-0.4, -0.2) is 26.5 Å². The maximum atomic E-state index is 10.0. The molecule has 5 heteroatoms. The van der Waals surface area contributed by atoms with E-state index < -0.39 is 5.60 Å². The molecule has 3 rings (SSSR count). The molecule has 1 aromatic heterocycles. The van der Waals surface area contributed by atoms with Gasteiger partial charge in [0, 0.05) is 11.6 Å². The molecule has 0 fully saturated rings. The predicted molar refractivity (Wildman–Crippen MR) is 99.4 cm³/mol. The number of hydrogen-bond acceptors (Lipinski definition) is 3. The highest BCUT2D eigenvalue weighted by molar-refractivity contribution is 6.30. The highest BCUT2D eigenvalue weighted by Crippen LogP contribution is 2.20. The van der Waals surface area contributed by atoms with Crippen molar-refractivity contribution in [3.8, 4) is 0 Å². The van der Waals surface area contributed by atoms with Gasteiger partial charge in [-0.2, -0.15) is 0 Å². The third kappa shape index (κ3) is 4.02. The number of halogens is 1. The number of aryl methyl sites for hydroxylation is 1. The van der Waals surface area contributed by atoms with Gasteiger partial charge in [-0.25, -0.2) is 4.98 Å². The Morgan fingerprint density at radius 3 is 2.58 bits per heavy atom. The molecule has 0 bridgehead atoms. The van der Waals surface area contributed by atoms with Gasteiger partial charge in [0.1, 0.15) is 0 Å². The van der Waals surface area contributed by atoms with Gasteiger partial charge in [0.15, 0.2) is 5.82 Å². The molecule has 1 heterocycles. The van der Waals surface area contributed by atoms with Crippen LogP contribution in [0.5, 0.6) is 0 Å². The Labute approximate surface area is 146 Å². The molecule has 4 nitrogen and oxygen atoms in total. The normalized spacial score (nSPS) is 12.3. The lowest BCUT2D eigenvalue weighted by molar-refractivity contribution is 0.0665. The standard InChI is InChI=1S/C19H20ClN3O/c1-19(2,24)11-12-23-17-6-4-3-5-16(17)22-18(23)13-21-15-9-7-14(20)8-10-15/h3-10,13,24H,11-12H2,1-2H3. The average Bonchev–Trinajstić information content (AvgIpc) is 2.89. The van der Waals surface area contributed by atoms with Gasteiger partial charge >= 0.3 is 0 Å². The summed E-state index contributed by atoms with van der Waals surface area (Å²) < 4.78 is 2.09. The molecule has 0 aliphatic carbocycles. The zero-order valence-electron chi connectivity index (χ0n) is 13.8. The summed E-state index contributed by atoms with van der Waals surface area (Å²) in [6.07, 6.45) is 2.39. The fourth-order valence-corrected chi connectivity index (χ4v) is 2.60. The topological polar surface area (TPSA) is 50.4 Å². The first-order valence-corrected chi connectivity index (χ1v) is 8.27. The van der Waals surface area contributed by atoms with Gasteiger partial charge in [0.25, 0.3) is 0 Å². The Bertz CT molecular complexity index is 860. The van der Waals surface area contributed by atoms with Crippen molar-refractivity contribution >= 4 is 34.5 Å². The maximum Gasteiger partial charge on any atom is 0.152 e. The first-order chi connectivity index (χ1) is 11.4. The van der Waals surface area contributed by atoms with Gasteiger partial charge < -0.3 is 9.67 Å². The summed E-state index contributed by atoms with van der Waals surface area (Å²) in [5.74, 6) is 0.774. The molecule has 2 aromatic carbocycles. The van der Waals surface area contributed by atoms with E-state index in [4.69, 9.17) is 11.6 Å². The number of fused-ring (bicyclic) bond motifs is 1. The van der Waals surface area contributed by atoms with E-state index in [2.05, 4.69) is 14.5 Å². The zero-order valence-corrected chi connectivity index (χ0v) is 14.5. The Balaban J connectivity index is 1.95. The van der Waals surface area contributed by atoms with Crippen LogP contribution < -0.4 is 0 Å². The van der Waals surface area contributed by atoms with Crippen molar-refractivity contribution in [2.24, 2.45) is 4.99 Å². The Morgan fingerprint density at radius 2 is 1.88 bits per heavy atom. The maximum absolute atomic E-state index is 10.0. The number of benzene rings is 2. The summed E-state index contributed by atoms with van der Waals surface area (Å²) in [6.45, 7) is 4.30. The van der Waals surface area contributed by atoms with Crippen molar-refractivity contribution in [2.45, 2.75) is 32.4 Å². The highest BCUT2D eigenvalue weighted by atomic mass is 35.5. The van der Waals surface area contributed by atoms with Crippen LogP contribution >= 0.6 is 11.6 Å². The van der Waals surface area contributed by atoms with Crippen LogP contribution in [0, 0.1) is 0 Å². The first kappa shape index (κ1) is 16.7. The van der Waals surface area contributed by atoms with Gasteiger partial charge in [0.05, 0.1) is 28.5 Å². The fourth-order valence-electron chi connectivity index (χ4n) is 2.47. The number of aromatic nitrogens is 2. The van der Waals surface area contributed by atoms with Crippen molar-refractivity contribution in [3.05, 3.63) is 59.4 Å². The minimum atomic E-state index is -0.726. The van der Waals surface area contributed by atoms with Gasteiger partial charge in [-0.3, -0.25) is 4.99 Å². The summed E-state index contributed by atoms with van der Waals surface area (Å²) in [7, 11) is 0. The summed E-state index contributed by atoms with van der Waals surface area (Å²) >= 11 is 5.90. The summed E-state index contributed by atoms with van der Waals surface area (Å²) in [6, 6.07) is 15.3. The number of aliphatic hydroxyl groups is 1. The van der Waals surface area contributed by atoms with Crippen LogP contribution in [-0.2, 0) is 6.54 Å².